The molecule has 1 atom stereocenters. The van der Waals surface area contributed by atoms with Gasteiger partial charge in [0.1, 0.15) is 30.5 Å². The van der Waals surface area contributed by atoms with Crippen molar-refractivity contribution in [3.63, 3.8) is 0 Å². The number of aryl methyl sites for hydroxylation is 2. The number of fused-ring (bicyclic) bond motifs is 2. The van der Waals surface area contributed by atoms with Gasteiger partial charge in [-0.3, -0.25) is 4.79 Å². The lowest BCUT2D eigenvalue weighted by Gasteiger charge is -2.15. The van der Waals surface area contributed by atoms with Gasteiger partial charge in [0, 0.05) is 23.1 Å². The number of aromatic nitrogens is 1. The highest BCUT2D eigenvalue weighted by Crippen LogP contribution is 2.38. The summed E-state index contributed by atoms with van der Waals surface area (Å²) in [6.07, 6.45) is 0.0655. The highest BCUT2D eigenvalue weighted by atomic mass is 16.5. The van der Waals surface area contributed by atoms with Crippen LogP contribution in [-0.2, 0) is 18.0 Å². The number of H-pyrrole nitrogens is 1. The fourth-order valence-corrected chi connectivity index (χ4v) is 5.54. The molecular weight excluding hydrogens is 502 g/mol. The summed E-state index contributed by atoms with van der Waals surface area (Å²) < 4.78 is 18.0. The molecule has 0 spiro atoms. The lowest BCUT2D eigenvalue weighted by molar-refractivity contribution is -0.137. The highest BCUT2D eigenvalue weighted by Gasteiger charge is 2.26. The average Bonchev–Trinajstić information content (AvgIpc) is 3.54. The van der Waals surface area contributed by atoms with Crippen LogP contribution in [0.4, 0.5) is 0 Å². The maximum atomic E-state index is 11.1. The van der Waals surface area contributed by atoms with E-state index in [1.165, 1.54) is 10.9 Å². The summed E-state index contributed by atoms with van der Waals surface area (Å²) in [6.45, 7) is 5.51. The number of aromatic amines is 1. The molecule has 6 heteroatoms. The van der Waals surface area contributed by atoms with Gasteiger partial charge in [-0.25, -0.2) is 0 Å². The summed E-state index contributed by atoms with van der Waals surface area (Å²) in [4.78, 5) is 14.5. The second-order valence-corrected chi connectivity index (χ2v) is 10.4. The van der Waals surface area contributed by atoms with Crippen molar-refractivity contribution in [1.29, 1.82) is 0 Å². The van der Waals surface area contributed by atoms with E-state index in [4.69, 9.17) is 19.3 Å². The molecule has 1 aliphatic heterocycles. The van der Waals surface area contributed by atoms with Crippen molar-refractivity contribution in [2.45, 2.75) is 39.4 Å². The minimum absolute atomic E-state index is 0.0655. The second-order valence-electron chi connectivity index (χ2n) is 10.4. The van der Waals surface area contributed by atoms with Gasteiger partial charge in [0.05, 0.1) is 18.7 Å². The molecule has 1 aromatic heterocycles. The third-order valence-corrected chi connectivity index (χ3v) is 7.39. The molecule has 5 aromatic rings. The van der Waals surface area contributed by atoms with Gasteiger partial charge in [-0.05, 0) is 83.4 Å². The summed E-state index contributed by atoms with van der Waals surface area (Å²) in [5.74, 6) is 1.32. The molecule has 4 aromatic carbocycles. The Morgan fingerprint density at radius 1 is 0.900 bits per heavy atom. The third kappa shape index (κ3) is 5.38. The number of carboxylic acids is 1. The van der Waals surface area contributed by atoms with E-state index < -0.39 is 5.97 Å². The zero-order valence-corrected chi connectivity index (χ0v) is 22.6. The molecule has 0 saturated carbocycles. The van der Waals surface area contributed by atoms with E-state index in [1.807, 2.05) is 30.3 Å². The van der Waals surface area contributed by atoms with E-state index in [9.17, 15) is 4.79 Å². The Morgan fingerprint density at radius 3 is 2.50 bits per heavy atom. The number of ether oxygens (including phenoxy) is 3. The standard InChI is InChI=1S/C34H31NO5/c1-21-12-29(39-20-27-15-24-7-3-4-9-31(24)35-27)13-22(2)34(21)25-8-5-6-23(14-25)18-38-28-10-11-30-26(16-33(36)37)19-40-32(30)17-28/h3-15,17,26,35H,16,18-20H2,1-2H3,(H,36,37). The highest BCUT2D eigenvalue weighted by molar-refractivity contribution is 5.80. The van der Waals surface area contributed by atoms with Crippen molar-refractivity contribution in [3.8, 4) is 28.4 Å². The van der Waals surface area contributed by atoms with Gasteiger partial charge in [-0.2, -0.15) is 0 Å². The lowest BCUT2D eigenvalue weighted by atomic mass is 9.94. The van der Waals surface area contributed by atoms with Gasteiger partial charge >= 0.3 is 5.97 Å². The van der Waals surface area contributed by atoms with Crippen molar-refractivity contribution in [2.24, 2.45) is 0 Å². The van der Waals surface area contributed by atoms with Crippen LogP contribution in [0.25, 0.3) is 22.0 Å². The van der Waals surface area contributed by atoms with Gasteiger partial charge in [-0.1, -0.05) is 42.5 Å². The van der Waals surface area contributed by atoms with Crippen molar-refractivity contribution < 1.29 is 24.1 Å². The first kappa shape index (κ1) is 25.6. The van der Waals surface area contributed by atoms with Crippen LogP contribution in [0, 0.1) is 13.8 Å². The number of para-hydroxylation sites is 1. The largest absolute Gasteiger partial charge is 0.492 e. The van der Waals surface area contributed by atoms with Crippen LogP contribution in [0.3, 0.4) is 0 Å². The van der Waals surface area contributed by atoms with Gasteiger partial charge in [-0.15, -0.1) is 0 Å². The van der Waals surface area contributed by atoms with Crippen molar-refractivity contribution in [3.05, 3.63) is 113 Å². The van der Waals surface area contributed by atoms with Crippen LogP contribution in [0.5, 0.6) is 17.2 Å². The molecule has 0 amide bonds. The maximum Gasteiger partial charge on any atom is 0.304 e. The number of carbonyl (C=O) groups is 1. The zero-order chi connectivity index (χ0) is 27.6. The van der Waals surface area contributed by atoms with Gasteiger partial charge in [0.2, 0.25) is 0 Å². The molecule has 202 valence electrons. The van der Waals surface area contributed by atoms with Crippen LogP contribution in [0.15, 0.2) is 84.9 Å². The molecular formula is C34H31NO5. The van der Waals surface area contributed by atoms with E-state index in [2.05, 4.69) is 73.4 Å². The molecule has 0 radical (unpaired) electrons. The number of rotatable bonds is 9. The molecule has 0 aliphatic carbocycles. The van der Waals surface area contributed by atoms with E-state index >= 15 is 0 Å². The minimum Gasteiger partial charge on any atom is -0.492 e. The molecule has 1 aliphatic rings. The number of hydrogen-bond donors (Lipinski definition) is 2. The first-order valence-electron chi connectivity index (χ1n) is 13.4. The van der Waals surface area contributed by atoms with Crippen molar-refractivity contribution in [1.82, 2.24) is 4.98 Å². The van der Waals surface area contributed by atoms with E-state index in [-0.39, 0.29) is 12.3 Å². The van der Waals surface area contributed by atoms with Crippen LogP contribution >= 0.6 is 0 Å². The Hall–Kier alpha value is -4.71. The first-order chi connectivity index (χ1) is 19.4. The number of hydrogen-bond acceptors (Lipinski definition) is 4. The summed E-state index contributed by atoms with van der Waals surface area (Å²) in [6, 6.07) is 28.6. The SMILES string of the molecule is Cc1cc(OCc2cc3ccccc3[nH]2)cc(C)c1-c1cccc(COc2ccc3c(c2)OCC3CC(=O)O)c1. The zero-order valence-electron chi connectivity index (χ0n) is 22.6. The molecule has 6 nitrogen and oxygen atoms in total. The number of aliphatic carboxylic acids is 1. The quantitative estimate of drug-likeness (QED) is 0.204. The number of benzene rings is 4. The lowest BCUT2D eigenvalue weighted by Crippen LogP contribution is -2.07. The van der Waals surface area contributed by atoms with E-state index in [1.54, 1.807) is 0 Å². The molecule has 2 heterocycles. The Balaban J connectivity index is 1.13. The number of nitrogens with one attached hydrogen (secondary N) is 1. The predicted octanol–water partition coefficient (Wildman–Crippen LogP) is 7.56. The second kappa shape index (κ2) is 10.8. The van der Waals surface area contributed by atoms with Gasteiger partial charge < -0.3 is 24.3 Å². The number of carboxylic acid groups (broad SMARTS) is 1. The Kier molecular flexibility index (Phi) is 6.91. The van der Waals surface area contributed by atoms with E-state index in [0.717, 1.165) is 44.8 Å². The summed E-state index contributed by atoms with van der Waals surface area (Å²) in [7, 11) is 0. The predicted molar refractivity (Wildman–Crippen MR) is 155 cm³/mol. The summed E-state index contributed by atoms with van der Waals surface area (Å²) in [5.41, 5.74) is 8.76. The molecule has 40 heavy (non-hydrogen) atoms. The van der Waals surface area contributed by atoms with Gasteiger partial charge in [0.15, 0.2) is 0 Å². The molecule has 2 N–H and O–H groups in total. The monoisotopic (exact) mass is 533 g/mol. The van der Waals surface area contributed by atoms with Gasteiger partial charge in [0.25, 0.3) is 0 Å². The Labute approximate surface area is 233 Å². The molecule has 0 fully saturated rings. The fraction of sp³-hybridized carbons (Fsp3) is 0.206. The Bertz CT molecular complexity index is 1650. The summed E-state index contributed by atoms with van der Waals surface area (Å²) in [5, 5.41) is 10.3. The van der Waals surface area contributed by atoms with Crippen LogP contribution in [0.2, 0.25) is 0 Å². The molecule has 6 rings (SSSR count). The molecule has 0 saturated heterocycles. The topological polar surface area (TPSA) is 80.8 Å². The smallest absolute Gasteiger partial charge is 0.304 e. The average molecular weight is 534 g/mol. The minimum atomic E-state index is -0.820. The Morgan fingerprint density at radius 2 is 1.70 bits per heavy atom. The van der Waals surface area contributed by atoms with Crippen LogP contribution < -0.4 is 14.2 Å². The van der Waals surface area contributed by atoms with Crippen LogP contribution in [-0.4, -0.2) is 22.7 Å². The fourth-order valence-electron chi connectivity index (χ4n) is 5.54. The van der Waals surface area contributed by atoms with Crippen molar-refractivity contribution in [2.75, 3.05) is 6.61 Å². The molecule has 0 bridgehead atoms. The maximum absolute atomic E-state index is 11.1. The first-order valence-corrected chi connectivity index (χ1v) is 13.4. The van der Waals surface area contributed by atoms with Crippen molar-refractivity contribution >= 4 is 16.9 Å². The van der Waals surface area contributed by atoms with E-state index in [0.29, 0.717) is 31.3 Å². The summed E-state index contributed by atoms with van der Waals surface area (Å²) >= 11 is 0. The van der Waals surface area contributed by atoms with Crippen LogP contribution in [0.1, 0.15) is 40.3 Å². The third-order valence-electron chi connectivity index (χ3n) is 7.39. The molecule has 1 unspecified atom stereocenters. The normalized spacial score (nSPS) is 14.1.